The molecule has 1 atom stereocenters. The molecule has 0 unspecified atom stereocenters. The molecule has 3 nitrogen and oxygen atoms in total. The topological polar surface area (TPSA) is 59.1 Å². The van der Waals surface area contributed by atoms with Gasteiger partial charge in [-0.15, -0.1) is 0 Å². The Morgan fingerprint density at radius 2 is 2.25 bits per heavy atom. The Morgan fingerprint density at radius 1 is 1.58 bits per heavy atom. The van der Waals surface area contributed by atoms with Gasteiger partial charge in [0.05, 0.1) is 18.3 Å². The van der Waals surface area contributed by atoms with Gasteiger partial charge in [0.1, 0.15) is 0 Å². The minimum atomic E-state index is -0.424. The lowest BCUT2D eigenvalue weighted by Crippen LogP contribution is -2.16. The standard InChI is InChI=1S/C7H8Br2N2O/c8-4-1-5(9)7(11-2-4)6(10)3-12/h1-2,6,12H,3,10H2/t6-/m0/s1. The van der Waals surface area contributed by atoms with Gasteiger partial charge in [0.25, 0.3) is 0 Å². The SMILES string of the molecule is N[C@@H](CO)c1ncc(Br)cc1Br. The van der Waals surface area contributed by atoms with E-state index in [1.807, 2.05) is 6.07 Å². The highest BCUT2D eigenvalue weighted by atomic mass is 79.9. The van der Waals surface area contributed by atoms with E-state index in [1.54, 1.807) is 6.20 Å². The molecule has 0 radical (unpaired) electrons. The number of nitrogens with zero attached hydrogens (tertiary/aromatic N) is 1. The Kier molecular flexibility index (Phi) is 3.64. The summed E-state index contributed by atoms with van der Waals surface area (Å²) in [4.78, 5) is 4.07. The number of pyridine rings is 1. The van der Waals surface area contributed by atoms with E-state index < -0.39 is 6.04 Å². The van der Waals surface area contributed by atoms with Crippen LogP contribution in [0.15, 0.2) is 21.2 Å². The van der Waals surface area contributed by atoms with Crippen LogP contribution in [0.2, 0.25) is 0 Å². The van der Waals surface area contributed by atoms with Gasteiger partial charge in [0, 0.05) is 15.1 Å². The zero-order valence-electron chi connectivity index (χ0n) is 6.17. The highest BCUT2D eigenvalue weighted by Gasteiger charge is 2.09. The van der Waals surface area contributed by atoms with Crippen LogP contribution < -0.4 is 5.73 Å². The van der Waals surface area contributed by atoms with Crippen LogP contribution in [-0.2, 0) is 0 Å². The molecule has 0 saturated heterocycles. The summed E-state index contributed by atoms with van der Waals surface area (Å²) in [7, 11) is 0. The van der Waals surface area contributed by atoms with E-state index in [0.717, 1.165) is 8.95 Å². The van der Waals surface area contributed by atoms with E-state index in [4.69, 9.17) is 10.8 Å². The van der Waals surface area contributed by atoms with E-state index in [1.165, 1.54) is 0 Å². The zero-order chi connectivity index (χ0) is 9.14. The molecule has 3 N–H and O–H groups in total. The van der Waals surface area contributed by atoms with Crippen molar-refractivity contribution >= 4 is 31.9 Å². The van der Waals surface area contributed by atoms with Crippen molar-refractivity contribution in [1.29, 1.82) is 0 Å². The average Bonchev–Trinajstić information content (AvgIpc) is 2.03. The molecular weight excluding hydrogens is 288 g/mol. The first kappa shape index (κ1) is 10.1. The third kappa shape index (κ3) is 2.26. The molecule has 12 heavy (non-hydrogen) atoms. The van der Waals surface area contributed by atoms with Crippen LogP contribution >= 0.6 is 31.9 Å². The van der Waals surface area contributed by atoms with E-state index in [-0.39, 0.29) is 6.61 Å². The molecule has 0 fully saturated rings. The van der Waals surface area contributed by atoms with Crippen molar-refractivity contribution < 1.29 is 5.11 Å². The average molecular weight is 296 g/mol. The number of aliphatic hydroxyl groups is 1. The molecule has 0 amide bonds. The number of hydrogen-bond acceptors (Lipinski definition) is 3. The number of halogens is 2. The summed E-state index contributed by atoms with van der Waals surface area (Å²) in [6, 6.07) is 1.42. The lowest BCUT2D eigenvalue weighted by atomic mass is 10.2. The Bertz CT molecular complexity index is 280. The summed E-state index contributed by atoms with van der Waals surface area (Å²) < 4.78 is 1.68. The number of aliphatic hydroxyl groups excluding tert-OH is 1. The molecular formula is C7H8Br2N2O. The van der Waals surface area contributed by atoms with E-state index in [0.29, 0.717) is 5.69 Å². The largest absolute Gasteiger partial charge is 0.394 e. The van der Waals surface area contributed by atoms with Crippen LogP contribution in [0.5, 0.6) is 0 Å². The fourth-order valence-electron chi connectivity index (χ4n) is 0.784. The molecule has 0 saturated carbocycles. The molecule has 1 aromatic heterocycles. The maximum atomic E-state index is 8.78. The maximum Gasteiger partial charge on any atom is 0.0737 e. The molecule has 0 aliphatic heterocycles. The molecule has 1 heterocycles. The summed E-state index contributed by atoms with van der Waals surface area (Å²) in [5.74, 6) is 0. The highest BCUT2D eigenvalue weighted by molar-refractivity contribution is 9.11. The Labute approximate surface area is 87.3 Å². The molecule has 1 rings (SSSR count). The molecule has 0 aliphatic carbocycles. The maximum absolute atomic E-state index is 8.78. The third-order valence-corrected chi connectivity index (χ3v) is 2.45. The van der Waals surface area contributed by atoms with E-state index in [2.05, 4.69) is 36.8 Å². The number of nitrogens with two attached hydrogens (primary N) is 1. The van der Waals surface area contributed by atoms with Crippen LogP contribution in [0, 0.1) is 0 Å². The van der Waals surface area contributed by atoms with Gasteiger partial charge in [-0.05, 0) is 37.9 Å². The van der Waals surface area contributed by atoms with Crippen molar-refractivity contribution in [2.45, 2.75) is 6.04 Å². The lowest BCUT2D eigenvalue weighted by Gasteiger charge is -2.09. The van der Waals surface area contributed by atoms with Gasteiger partial charge in [-0.25, -0.2) is 0 Å². The molecule has 1 aromatic rings. The monoisotopic (exact) mass is 294 g/mol. The first-order chi connectivity index (χ1) is 5.65. The van der Waals surface area contributed by atoms with Crippen molar-refractivity contribution in [3.05, 3.63) is 26.9 Å². The van der Waals surface area contributed by atoms with Crippen LogP contribution in [0.1, 0.15) is 11.7 Å². The summed E-state index contributed by atoms with van der Waals surface area (Å²) in [6.07, 6.45) is 1.65. The van der Waals surface area contributed by atoms with Crippen LogP contribution in [0.4, 0.5) is 0 Å². The van der Waals surface area contributed by atoms with Gasteiger partial charge >= 0.3 is 0 Å². The molecule has 0 aliphatic rings. The fourth-order valence-corrected chi connectivity index (χ4v) is 2.07. The van der Waals surface area contributed by atoms with Crippen molar-refractivity contribution in [3.63, 3.8) is 0 Å². The summed E-state index contributed by atoms with van der Waals surface area (Å²) in [5, 5.41) is 8.78. The van der Waals surface area contributed by atoms with Crippen molar-refractivity contribution in [1.82, 2.24) is 4.98 Å². The highest BCUT2D eigenvalue weighted by Crippen LogP contribution is 2.22. The second-order valence-corrected chi connectivity index (χ2v) is 4.08. The van der Waals surface area contributed by atoms with Crippen molar-refractivity contribution in [2.24, 2.45) is 5.73 Å². The smallest absolute Gasteiger partial charge is 0.0737 e. The summed E-state index contributed by atoms with van der Waals surface area (Å²) in [5.41, 5.74) is 6.25. The lowest BCUT2D eigenvalue weighted by molar-refractivity contribution is 0.265. The predicted molar refractivity (Wildman–Crippen MR) is 53.7 cm³/mol. The Hall–Kier alpha value is 0.0300. The molecule has 0 bridgehead atoms. The first-order valence-electron chi connectivity index (χ1n) is 3.32. The van der Waals surface area contributed by atoms with E-state index in [9.17, 15) is 0 Å². The number of rotatable bonds is 2. The van der Waals surface area contributed by atoms with Gasteiger partial charge in [-0.2, -0.15) is 0 Å². The van der Waals surface area contributed by atoms with Crippen molar-refractivity contribution in [2.75, 3.05) is 6.61 Å². The molecule has 0 spiro atoms. The third-order valence-electron chi connectivity index (χ3n) is 1.38. The van der Waals surface area contributed by atoms with Gasteiger partial charge < -0.3 is 10.8 Å². The summed E-state index contributed by atoms with van der Waals surface area (Å²) >= 11 is 6.58. The first-order valence-corrected chi connectivity index (χ1v) is 4.91. The van der Waals surface area contributed by atoms with E-state index >= 15 is 0 Å². The molecule has 66 valence electrons. The van der Waals surface area contributed by atoms with Gasteiger partial charge in [-0.1, -0.05) is 0 Å². The number of hydrogen-bond donors (Lipinski definition) is 2. The van der Waals surface area contributed by atoms with Gasteiger partial charge in [-0.3, -0.25) is 4.98 Å². The second kappa shape index (κ2) is 4.32. The number of aromatic nitrogens is 1. The fraction of sp³-hybridized carbons (Fsp3) is 0.286. The van der Waals surface area contributed by atoms with Crippen molar-refractivity contribution in [3.8, 4) is 0 Å². The minimum absolute atomic E-state index is 0.104. The second-order valence-electron chi connectivity index (χ2n) is 2.31. The summed E-state index contributed by atoms with van der Waals surface area (Å²) in [6.45, 7) is -0.104. The van der Waals surface area contributed by atoms with Crippen LogP contribution in [0.25, 0.3) is 0 Å². The van der Waals surface area contributed by atoms with Crippen LogP contribution in [-0.4, -0.2) is 16.7 Å². The Balaban J connectivity index is 3.01. The Morgan fingerprint density at radius 3 is 2.75 bits per heavy atom. The molecule has 0 aromatic carbocycles. The molecule has 5 heteroatoms. The normalized spacial score (nSPS) is 13.0. The van der Waals surface area contributed by atoms with Gasteiger partial charge in [0.15, 0.2) is 0 Å². The zero-order valence-corrected chi connectivity index (χ0v) is 9.34. The quantitative estimate of drug-likeness (QED) is 0.871. The van der Waals surface area contributed by atoms with Gasteiger partial charge in [0.2, 0.25) is 0 Å². The van der Waals surface area contributed by atoms with Crippen LogP contribution in [0.3, 0.4) is 0 Å². The minimum Gasteiger partial charge on any atom is -0.394 e. The predicted octanol–water partition coefficient (Wildman–Crippen LogP) is 1.60.